The molecule has 1 aliphatic heterocycles. The molecule has 1 aromatic heterocycles. The summed E-state index contributed by atoms with van der Waals surface area (Å²) in [6.07, 6.45) is 6.39. The van der Waals surface area contributed by atoms with Crippen molar-refractivity contribution in [2.75, 3.05) is 6.54 Å². The quantitative estimate of drug-likeness (QED) is 0.783. The van der Waals surface area contributed by atoms with E-state index in [1.807, 2.05) is 0 Å². The van der Waals surface area contributed by atoms with Crippen molar-refractivity contribution in [3.8, 4) is 0 Å². The first-order chi connectivity index (χ1) is 7.84. The third-order valence-corrected chi connectivity index (χ3v) is 3.96. The zero-order valence-electron chi connectivity index (χ0n) is 9.95. The molecule has 1 fully saturated rings. The van der Waals surface area contributed by atoms with Crippen molar-refractivity contribution in [3.63, 3.8) is 0 Å². The van der Waals surface area contributed by atoms with Crippen LogP contribution in [-0.2, 0) is 13.0 Å². The van der Waals surface area contributed by atoms with E-state index in [2.05, 4.69) is 27.2 Å². The van der Waals surface area contributed by atoms with Gasteiger partial charge in [-0.2, -0.15) is 0 Å². The Hall–Kier alpha value is -0.900. The molecule has 4 heteroatoms. The van der Waals surface area contributed by atoms with Gasteiger partial charge in [0.1, 0.15) is 0 Å². The molecule has 2 heterocycles. The Morgan fingerprint density at radius 2 is 2.31 bits per heavy atom. The molecular formula is C12H20N4. The summed E-state index contributed by atoms with van der Waals surface area (Å²) in [6.45, 7) is 4.33. The van der Waals surface area contributed by atoms with Crippen LogP contribution in [0.1, 0.15) is 50.0 Å². The van der Waals surface area contributed by atoms with Crippen molar-refractivity contribution in [3.05, 3.63) is 11.4 Å². The Kier molecular flexibility index (Phi) is 2.67. The highest BCUT2D eigenvalue weighted by atomic mass is 15.4. The molecule has 1 saturated carbocycles. The molecular weight excluding hydrogens is 200 g/mol. The first-order valence-electron chi connectivity index (χ1n) is 6.48. The summed E-state index contributed by atoms with van der Waals surface area (Å²) in [5.74, 6) is 0.848. The van der Waals surface area contributed by atoms with E-state index >= 15 is 0 Å². The van der Waals surface area contributed by atoms with Crippen molar-refractivity contribution in [2.45, 2.75) is 51.6 Å². The molecule has 88 valence electrons. The van der Waals surface area contributed by atoms with Crippen LogP contribution in [0.2, 0.25) is 0 Å². The van der Waals surface area contributed by atoms with E-state index in [0.717, 1.165) is 25.4 Å². The predicted molar refractivity (Wildman–Crippen MR) is 62.1 cm³/mol. The van der Waals surface area contributed by atoms with Gasteiger partial charge in [-0.3, -0.25) is 0 Å². The molecule has 16 heavy (non-hydrogen) atoms. The lowest BCUT2D eigenvalue weighted by molar-refractivity contribution is 0.258. The van der Waals surface area contributed by atoms with Crippen molar-refractivity contribution in [2.24, 2.45) is 5.92 Å². The van der Waals surface area contributed by atoms with Gasteiger partial charge in [-0.15, -0.1) is 5.10 Å². The first kappa shape index (κ1) is 10.3. The lowest BCUT2D eigenvalue weighted by atomic mass is 9.87. The van der Waals surface area contributed by atoms with Gasteiger partial charge >= 0.3 is 0 Å². The van der Waals surface area contributed by atoms with Gasteiger partial charge in [-0.1, -0.05) is 25.0 Å². The summed E-state index contributed by atoms with van der Waals surface area (Å²) in [6, 6.07) is 0.609. The van der Waals surface area contributed by atoms with Gasteiger partial charge in [0.15, 0.2) is 0 Å². The van der Waals surface area contributed by atoms with Gasteiger partial charge in [0.25, 0.3) is 0 Å². The molecule has 0 saturated heterocycles. The van der Waals surface area contributed by atoms with Gasteiger partial charge in [-0.25, -0.2) is 4.68 Å². The second-order valence-corrected chi connectivity index (χ2v) is 5.28. The molecule has 1 aromatic rings. The largest absolute Gasteiger partial charge is 0.311 e. The number of hydrogen-bond donors (Lipinski definition) is 1. The maximum absolute atomic E-state index is 4.38. The Morgan fingerprint density at radius 3 is 3.19 bits per heavy atom. The fourth-order valence-electron chi connectivity index (χ4n) is 3.07. The smallest absolute Gasteiger partial charge is 0.0997 e. The molecule has 2 unspecified atom stereocenters. The lowest BCUT2D eigenvalue weighted by Gasteiger charge is -2.28. The van der Waals surface area contributed by atoms with Crippen molar-refractivity contribution >= 4 is 0 Å². The van der Waals surface area contributed by atoms with Gasteiger partial charge < -0.3 is 5.32 Å². The summed E-state index contributed by atoms with van der Waals surface area (Å²) < 4.78 is 2.23. The molecule has 1 aliphatic carbocycles. The van der Waals surface area contributed by atoms with E-state index in [1.165, 1.54) is 37.1 Å². The minimum Gasteiger partial charge on any atom is -0.311 e. The van der Waals surface area contributed by atoms with Gasteiger partial charge in [0.05, 0.1) is 17.4 Å². The molecule has 4 nitrogen and oxygen atoms in total. The summed E-state index contributed by atoms with van der Waals surface area (Å²) in [4.78, 5) is 0. The monoisotopic (exact) mass is 220 g/mol. The zero-order valence-corrected chi connectivity index (χ0v) is 9.95. The van der Waals surface area contributed by atoms with E-state index < -0.39 is 0 Å². The highest BCUT2D eigenvalue weighted by molar-refractivity contribution is 5.14. The number of nitrogens with one attached hydrogen (secondary N) is 1. The Bertz CT molecular complexity index is 371. The van der Waals surface area contributed by atoms with Crippen LogP contribution in [-0.4, -0.2) is 21.5 Å². The fraction of sp³-hybridized carbons (Fsp3) is 0.833. The third-order valence-electron chi connectivity index (χ3n) is 3.96. The van der Waals surface area contributed by atoms with Gasteiger partial charge in [0, 0.05) is 19.5 Å². The van der Waals surface area contributed by atoms with Crippen LogP contribution in [0, 0.1) is 5.92 Å². The minimum absolute atomic E-state index is 0.609. The standard InChI is InChI=1S/C12H20N4/c1-9-3-2-4-10(7-9)16-12-5-6-13-8-11(12)14-15-16/h9-10,13H,2-8H2,1H3. The summed E-state index contributed by atoms with van der Waals surface area (Å²) in [5, 5.41) is 12.0. The Morgan fingerprint density at radius 1 is 1.38 bits per heavy atom. The maximum Gasteiger partial charge on any atom is 0.0997 e. The predicted octanol–water partition coefficient (Wildman–Crippen LogP) is 1.67. The SMILES string of the molecule is CC1CCCC(n2nnc3c2CCNC3)C1. The highest BCUT2D eigenvalue weighted by Crippen LogP contribution is 2.33. The Balaban J connectivity index is 1.85. The molecule has 1 N–H and O–H groups in total. The molecule has 0 amide bonds. The van der Waals surface area contributed by atoms with Crippen LogP contribution in [0.15, 0.2) is 0 Å². The normalized spacial score (nSPS) is 30.1. The fourth-order valence-corrected chi connectivity index (χ4v) is 3.07. The average molecular weight is 220 g/mol. The summed E-state index contributed by atoms with van der Waals surface area (Å²) in [7, 11) is 0. The van der Waals surface area contributed by atoms with Gasteiger partial charge in [-0.05, 0) is 18.8 Å². The molecule has 2 atom stereocenters. The Labute approximate surface area is 96.4 Å². The zero-order chi connectivity index (χ0) is 11.0. The second-order valence-electron chi connectivity index (χ2n) is 5.28. The molecule has 0 spiro atoms. The molecule has 3 rings (SSSR count). The van der Waals surface area contributed by atoms with Crippen molar-refractivity contribution in [1.82, 2.24) is 20.3 Å². The second kappa shape index (κ2) is 4.17. The molecule has 0 bridgehead atoms. The van der Waals surface area contributed by atoms with Crippen LogP contribution in [0.3, 0.4) is 0 Å². The highest BCUT2D eigenvalue weighted by Gasteiger charge is 2.25. The molecule has 2 aliphatic rings. The van der Waals surface area contributed by atoms with Crippen molar-refractivity contribution < 1.29 is 0 Å². The van der Waals surface area contributed by atoms with Crippen LogP contribution in [0.5, 0.6) is 0 Å². The molecule has 0 radical (unpaired) electrons. The van der Waals surface area contributed by atoms with Crippen LogP contribution in [0.4, 0.5) is 0 Å². The lowest BCUT2D eigenvalue weighted by Crippen LogP contribution is -2.27. The first-order valence-corrected chi connectivity index (χ1v) is 6.48. The van der Waals surface area contributed by atoms with Gasteiger partial charge in [0.2, 0.25) is 0 Å². The van der Waals surface area contributed by atoms with E-state index in [4.69, 9.17) is 0 Å². The topological polar surface area (TPSA) is 42.7 Å². The average Bonchev–Trinajstić information content (AvgIpc) is 2.72. The van der Waals surface area contributed by atoms with E-state index in [-0.39, 0.29) is 0 Å². The molecule has 0 aromatic carbocycles. The summed E-state index contributed by atoms with van der Waals surface area (Å²) >= 11 is 0. The minimum atomic E-state index is 0.609. The van der Waals surface area contributed by atoms with E-state index in [1.54, 1.807) is 0 Å². The van der Waals surface area contributed by atoms with Crippen molar-refractivity contribution in [1.29, 1.82) is 0 Å². The summed E-state index contributed by atoms with van der Waals surface area (Å²) in [5.41, 5.74) is 2.56. The van der Waals surface area contributed by atoms with E-state index in [0.29, 0.717) is 6.04 Å². The van der Waals surface area contributed by atoms with Crippen LogP contribution in [0.25, 0.3) is 0 Å². The third kappa shape index (κ3) is 1.75. The number of hydrogen-bond acceptors (Lipinski definition) is 3. The van der Waals surface area contributed by atoms with Crippen LogP contribution < -0.4 is 5.32 Å². The van der Waals surface area contributed by atoms with Crippen LogP contribution >= 0.6 is 0 Å². The number of fused-ring (bicyclic) bond motifs is 1. The van der Waals surface area contributed by atoms with E-state index in [9.17, 15) is 0 Å². The number of nitrogens with zero attached hydrogens (tertiary/aromatic N) is 3. The number of aromatic nitrogens is 3. The maximum atomic E-state index is 4.38. The number of rotatable bonds is 1.